The first-order chi connectivity index (χ1) is 7.18. The maximum absolute atomic E-state index is 11.2. The molecule has 1 aliphatic rings. The fourth-order valence-electron chi connectivity index (χ4n) is 1.71. The van der Waals surface area contributed by atoms with Crippen molar-refractivity contribution < 1.29 is 4.79 Å². The summed E-state index contributed by atoms with van der Waals surface area (Å²) in [4.78, 5) is 13.3. The van der Waals surface area contributed by atoms with Gasteiger partial charge in [0.15, 0.2) is 5.37 Å². The van der Waals surface area contributed by atoms with Crippen LogP contribution in [0.15, 0.2) is 24.3 Å². The van der Waals surface area contributed by atoms with Gasteiger partial charge in [0.05, 0.1) is 0 Å². The van der Waals surface area contributed by atoms with E-state index in [0.29, 0.717) is 0 Å². The van der Waals surface area contributed by atoms with Crippen molar-refractivity contribution in [2.24, 2.45) is 5.73 Å². The highest BCUT2D eigenvalue weighted by atomic mass is 32.2. The predicted molar refractivity (Wildman–Crippen MR) is 64.0 cm³/mol. The van der Waals surface area contributed by atoms with Gasteiger partial charge in [-0.2, -0.15) is 0 Å². The highest BCUT2D eigenvalue weighted by Crippen LogP contribution is 2.29. The second-order valence-corrected chi connectivity index (χ2v) is 4.84. The number of thioether (sulfide) groups is 1. The van der Waals surface area contributed by atoms with Crippen molar-refractivity contribution in [3.8, 4) is 0 Å². The number of carbonyl (C=O) groups is 1. The minimum absolute atomic E-state index is 0.201. The summed E-state index contributed by atoms with van der Waals surface area (Å²) in [6, 6.07) is 8.18. The molecule has 1 atom stereocenters. The molecule has 0 spiro atoms. The van der Waals surface area contributed by atoms with Crippen LogP contribution in [0, 0.1) is 6.92 Å². The van der Waals surface area contributed by atoms with E-state index in [0.717, 1.165) is 18.0 Å². The summed E-state index contributed by atoms with van der Waals surface area (Å²) in [5.41, 5.74) is 7.66. The van der Waals surface area contributed by atoms with Crippen LogP contribution in [0.2, 0.25) is 0 Å². The fourth-order valence-corrected chi connectivity index (χ4v) is 2.80. The molecule has 15 heavy (non-hydrogen) atoms. The van der Waals surface area contributed by atoms with Crippen LogP contribution in [0.4, 0.5) is 5.69 Å². The van der Waals surface area contributed by atoms with Gasteiger partial charge in [-0.25, -0.2) is 0 Å². The molecule has 1 aliphatic heterocycles. The van der Waals surface area contributed by atoms with E-state index in [4.69, 9.17) is 5.73 Å². The van der Waals surface area contributed by atoms with Gasteiger partial charge < -0.3 is 10.6 Å². The van der Waals surface area contributed by atoms with Crippen LogP contribution in [0.25, 0.3) is 0 Å². The topological polar surface area (TPSA) is 46.3 Å². The summed E-state index contributed by atoms with van der Waals surface area (Å²) >= 11 is 1.61. The van der Waals surface area contributed by atoms with Crippen molar-refractivity contribution in [3.05, 3.63) is 29.8 Å². The average molecular weight is 222 g/mol. The summed E-state index contributed by atoms with van der Waals surface area (Å²) in [6.45, 7) is 2.94. The van der Waals surface area contributed by atoms with E-state index in [9.17, 15) is 4.79 Å². The number of nitrogens with two attached hydrogens (primary N) is 1. The van der Waals surface area contributed by atoms with Crippen molar-refractivity contribution in [3.63, 3.8) is 0 Å². The van der Waals surface area contributed by atoms with E-state index in [-0.39, 0.29) is 11.3 Å². The molecule has 1 aromatic rings. The van der Waals surface area contributed by atoms with E-state index in [1.54, 1.807) is 11.8 Å². The molecule has 1 heterocycles. The number of primary amides is 1. The SMILES string of the molecule is Cc1ccc(N2CCSC2C(N)=O)cc1. The number of amides is 1. The molecule has 1 aromatic carbocycles. The molecule has 1 amide bonds. The normalized spacial score (nSPS) is 20.6. The van der Waals surface area contributed by atoms with Crippen LogP contribution in [0.5, 0.6) is 0 Å². The van der Waals surface area contributed by atoms with Crippen molar-refractivity contribution >= 4 is 23.4 Å². The van der Waals surface area contributed by atoms with Crippen LogP contribution in [0.3, 0.4) is 0 Å². The maximum Gasteiger partial charge on any atom is 0.250 e. The van der Waals surface area contributed by atoms with Crippen molar-refractivity contribution in [1.82, 2.24) is 0 Å². The summed E-state index contributed by atoms with van der Waals surface area (Å²) in [6.07, 6.45) is 0. The number of hydrogen-bond donors (Lipinski definition) is 1. The van der Waals surface area contributed by atoms with Gasteiger partial charge in [-0.05, 0) is 19.1 Å². The van der Waals surface area contributed by atoms with E-state index in [1.165, 1.54) is 5.56 Å². The Kier molecular flexibility index (Phi) is 2.86. The molecule has 4 heteroatoms. The smallest absolute Gasteiger partial charge is 0.250 e. The molecular formula is C11H14N2OS. The van der Waals surface area contributed by atoms with Gasteiger partial charge in [-0.15, -0.1) is 11.8 Å². The van der Waals surface area contributed by atoms with Crippen molar-refractivity contribution in [2.75, 3.05) is 17.2 Å². The van der Waals surface area contributed by atoms with Crippen molar-refractivity contribution in [2.45, 2.75) is 12.3 Å². The van der Waals surface area contributed by atoms with Gasteiger partial charge in [0.25, 0.3) is 5.91 Å². The van der Waals surface area contributed by atoms with Gasteiger partial charge >= 0.3 is 0 Å². The molecule has 1 unspecified atom stereocenters. The number of benzene rings is 1. The second-order valence-electron chi connectivity index (χ2n) is 3.65. The van der Waals surface area contributed by atoms with Gasteiger partial charge in [-0.1, -0.05) is 17.7 Å². The Hall–Kier alpha value is -1.16. The summed E-state index contributed by atoms with van der Waals surface area (Å²) in [5, 5.41) is -0.201. The largest absolute Gasteiger partial charge is 0.367 e. The Morgan fingerprint density at radius 1 is 1.47 bits per heavy atom. The quantitative estimate of drug-likeness (QED) is 0.822. The third-order valence-corrected chi connectivity index (χ3v) is 3.72. The second kappa shape index (κ2) is 4.14. The standard InChI is InChI=1S/C11H14N2OS/c1-8-2-4-9(5-3-8)13-6-7-15-11(13)10(12)14/h2-5,11H,6-7H2,1H3,(H2,12,14). The van der Waals surface area contributed by atoms with Gasteiger partial charge in [0.2, 0.25) is 0 Å². The van der Waals surface area contributed by atoms with E-state index in [1.807, 2.05) is 19.1 Å². The van der Waals surface area contributed by atoms with E-state index < -0.39 is 0 Å². The Balaban J connectivity index is 2.22. The molecule has 80 valence electrons. The number of hydrogen-bond acceptors (Lipinski definition) is 3. The minimum Gasteiger partial charge on any atom is -0.367 e. The van der Waals surface area contributed by atoms with Gasteiger partial charge in [0.1, 0.15) is 0 Å². The first kappa shape index (κ1) is 10.4. The monoisotopic (exact) mass is 222 g/mol. The fraction of sp³-hybridized carbons (Fsp3) is 0.364. The first-order valence-electron chi connectivity index (χ1n) is 4.93. The summed E-state index contributed by atoms with van der Waals surface area (Å²) in [5.74, 6) is 0.708. The zero-order valence-electron chi connectivity index (χ0n) is 8.64. The number of aryl methyl sites for hydroxylation is 1. The predicted octanol–water partition coefficient (Wildman–Crippen LogP) is 1.36. The van der Waals surface area contributed by atoms with E-state index >= 15 is 0 Å². The highest BCUT2D eigenvalue weighted by molar-refractivity contribution is 8.01. The van der Waals surface area contributed by atoms with Gasteiger partial charge in [-0.3, -0.25) is 4.79 Å². The molecule has 2 N–H and O–H groups in total. The van der Waals surface area contributed by atoms with Crippen LogP contribution in [-0.2, 0) is 4.79 Å². The Morgan fingerprint density at radius 2 is 2.13 bits per heavy atom. The molecule has 1 fully saturated rings. The Labute approximate surface area is 93.6 Å². The molecule has 0 aromatic heterocycles. The van der Waals surface area contributed by atoms with Crippen LogP contribution < -0.4 is 10.6 Å². The molecule has 0 radical (unpaired) electrons. The van der Waals surface area contributed by atoms with Crippen LogP contribution >= 0.6 is 11.8 Å². The Morgan fingerprint density at radius 3 is 2.73 bits per heavy atom. The molecule has 2 rings (SSSR count). The number of nitrogens with zero attached hydrogens (tertiary/aromatic N) is 1. The first-order valence-corrected chi connectivity index (χ1v) is 5.97. The van der Waals surface area contributed by atoms with Crippen molar-refractivity contribution in [1.29, 1.82) is 0 Å². The number of anilines is 1. The minimum atomic E-state index is -0.252. The summed E-state index contributed by atoms with van der Waals surface area (Å²) < 4.78 is 0. The number of carbonyl (C=O) groups excluding carboxylic acids is 1. The van der Waals surface area contributed by atoms with Crippen LogP contribution in [0.1, 0.15) is 5.56 Å². The molecule has 1 saturated heterocycles. The lowest BCUT2D eigenvalue weighted by Gasteiger charge is -2.23. The third kappa shape index (κ3) is 2.09. The highest BCUT2D eigenvalue weighted by Gasteiger charge is 2.29. The maximum atomic E-state index is 11.2. The zero-order valence-corrected chi connectivity index (χ0v) is 9.46. The van der Waals surface area contributed by atoms with Gasteiger partial charge in [0, 0.05) is 18.0 Å². The van der Waals surface area contributed by atoms with E-state index in [2.05, 4.69) is 17.0 Å². The average Bonchev–Trinajstić information content (AvgIpc) is 2.67. The zero-order chi connectivity index (χ0) is 10.8. The lowest BCUT2D eigenvalue weighted by molar-refractivity contribution is -0.117. The number of rotatable bonds is 2. The molecule has 0 saturated carbocycles. The lowest BCUT2D eigenvalue weighted by atomic mass is 10.2. The summed E-state index contributed by atoms with van der Waals surface area (Å²) in [7, 11) is 0. The molecule has 3 nitrogen and oxygen atoms in total. The molecule has 0 bridgehead atoms. The lowest BCUT2D eigenvalue weighted by Crippen LogP contribution is -2.38. The molecule has 0 aliphatic carbocycles. The third-order valence-electron chi connectivity index (χ3n) is 2.50. The molecular weight excluding hydrogens is 208 g/mol. The Bertz CT molecular complexity index is 363. The van der Waals surface area contributed by atoms with Crippen LogP contribution in [-0.4, -0.2) is 23.6 Å².